The van der Waals surface area contributed by atoms with Crippen LogP contribution in [0.1, 0.15) is 24.1 Å². The first kappa shape index (κ1) is 17.9. The standard InChI is InChI=1S/C20H23N3O3/c24-18-8-6-15(7-9-18)4-3-11-22-20(26)16-12-19(25)23(13-16)14-17-5-1-2-10-21-17/h1-2,5-10,16,24H,3-4,11-14H2,(H,22,26)/t16-/m0/s1. The number of carbonyl (C=O) groups excluding carboxylic acids is 2. The van der Waals surface area contributed by atoms with Crippen LogP contribution < -0.4 is 5.32 Å². The number of rotatable bonds is 7. The van der Waals surface area contributed by atoms with Crippen molar-refractivity contribution >= 4 is 11.8 Å². The number of phenols is 1. The Morgan fingerprint density at radius 1 is 1.23 bits per heavy atom. The molecular weight excluding hydrogens is 330 g/mol. The molecule has 1 saturated heterocycles. The Morgan fingerprint density at radius 3 is 2.77 bits per heavy atom. The van der Waals surface area contributed by atoms with E-state index < -0.39 is 0 Å². The maximum absolute atomic E-state index is 12.3. The van der Waals surface area contributed by atoms with Crippen LogP contribution in [0.5, 0.6) is 5.75 Å². The third-order valence-corrected chi connectivity index (χ3v) is 4.54. The maximum atomic E-state index is 12.3. The molecule has 6 heteroatoms. The summed E-state index contributed by atoms with van der Waals surface area (Å²) in [7, 11) is 0. The predicted octanol–water partition coefficient (Wildman–Crippen LogP) is 1.88. The predicted molar refractivity (Wildman–Crippen MR) is 97.2 cm³/mol. The van der Waals surface area contributed by atoms with Crippen molar-refractivity contribution in [2.45, 2.75) is 25.8 Å². The van der Waals surface area contributed by atoms with Gasteiger partial charge in [0.05, 0.1) is 18.2 Å². The molecule has 0 spiro atoms. The molecule has 1 aromatic heterocycles. The van der Waals surface area contributed by atoms with Crippen molar-refractivity contribution in [3.8, 4) is 5.75 Å². The van der Waals surface area contributed by atoms with E-state index in [0.29, 0.717) is 19.6 Å². The molecule has 0 aliphatic carbocycles. The van der Waals surface area contributed by atoms with Gasteiger partial charge in [0.25, 0.3) is 0 Å². The first-order valence-corrected chi connectivity index (χ1v) is 8.85. The number of phenolic OH excluding ortho intramolecular Hbond substituents is 1. The number of aromatic hydroxyl groups is 1. The molecule has 1 atom stereocenters. The fraction of sp³-hybridized carbons (Fsp3) is 0.350. The molecule has 1 aliphatic rings. The zero-order valence-electron chi connectivity index (χ0n) is 14.6. The molecule has 136 valence electrons. The Balaban J connectivity index is 1.41. The van der Waals surface area contributed by atoms with Crippen LogP contribution in [0.4, 0.5) is 0 Å². The minimum atomic E-state index is -0.292. The van der Waals surface area contributed by atoms with Crippen molar-refractivity contribution in [1.82, 2.24) is 15.2 Å². The second-order valence-electron chi connectivity index (χ2n) is 6.56. The molecule has 2 aromatic rings. The molecule has 0 bridgehead atoms. The van der Waals surface area contributed by atoms with E-state index in [2.05, 4.69) is 10.3 Å². The zero-order chi connectivity index (χ0) is 18.4. The Labute approximate surface area is 152 Å². The average molecular weight is 353 g/mol. The lowest BCUT2D eigenvalue weighted by atomic mass is 10.1. The summed E-state index contributed by atoms with van der Waals surface area (Å²) in [5.74, 6) is -0.101. The van der Waals surface area contributed by atoms with Gasteiger partial charge in [-0.15, -0.1) is 0 Å². The van der Waals surface area contributed by atoms with Gasteiger partial charge in [-0.25, -0.2) is 0 Å². The van der Waals surface area contributed by atoms with Crippen LogP contribution in [0.3, 0.4) is 0 Å². The molecule has 2 heterocycles. The van der Waals surface area contributed by atoms with Gasteiger partial charge in [-0.2, -0.15) is 0 Å². The van der Waals surface area contributed by atoms with Gasteiger partial charge >= 0.3 is 0 Å². The van der Waals surface area contributed by atoms with Crippen LogP contribution in [0.25, 0.3) is 0 Å². The molecule has 1 fully saturated rings. The molecule has 0 saturated carbocycles. The molecule has 26 heavy (non-hydrogen) atoms. The molecule has 3 rings (SSSR count). The van der Waals surface area contributed by atoms with Crippen LogP contribution in [0.2, 0.25) is 0 Å². The van der Waals surface area contributed by atoms with Crippen LogP contribution in [-0.2, 0) is 22.6 Å². The van der Waals surface area contributed by atoms with Crippen molar-refractivity contribution < 1.29 is 14.7 Å². The smallest absolute Gasteiger partial charge is 0.225 e. The van der Waals surface area contributed by atoms with Crippen molar-refractivity contribution in [3.05, 3.63) is 59.9 Å². The summed E-state index contributed by atoms with van der Waals surface area (Å²) < 4.78 is 0. The largest absolute Gasteiger partial charge is 0.508 e. The van der Waals surface area contributed by atoms with Crippen LogP contribution in [0.15, 0.2) is 48.7 Å². The van der Waals surface area contributed by atoms with E-state index in [0.717, 1.165) is 24.1 Å². The lowest BCUT2D eigenvalue weighted by Gasteiger charge is -2.16. The van der Waals surface area contributed by atoms with E-state index >= 15 is 0 Å². The summed E-state index contributed by atoms with van der Waals surface area (Å²) in [5, 5.41) is 12.2. The lowest BCUT2D eigenvalue weighted by molar-refractivity contribution is -0.129. The van der Waals surface area contributed by atoms with Crippen LogP contribution in [0, 0.1) is 5.92 Å². The zero-order valence-corrected chi connectivity index (χ0v) is 14.6. The van der Waals surface area contributed by atoms with E-state index in [1.165, 1.54) is 0 Å². The average Bonchev–Trinajstić information content (AvgIpc) is 3.01. The Hall–Kier alpha value is -2.89. The third-order valence-electron chi connectivity index (χ3n) is 4.54. The van der Waals surface area contributed by atoms with Gasteiger partial charge in [0.15, 0.2) is 0 Å². The normalized spacial score (nSPS) is 16.7. The Kier molecular flexibility index (Phi) is 5.84. The Bertz CT molecular complexity index is 747. The highest BCUT2D eigenvalue weighted by Gasteiger charge is 2.34. The highest BCUT2D eigenvalue weighted by molar-refractivity contribution is 5.89. The lowest BCUT2D eigenvalue weighted by Crippen LogP contribution is -2.33. The van der Waals surface area contributed by atoms with Gasteiger partial charge < -0.3 is 15.3 Å². The molecule has 2 amide bonds. The van der Waals surface area contributed by atoms with E-state index in [1.54, 1.807) is 23.2 Å². The molecule has 2 N–H and O–H groups in total. The minimum absolute atomic E-state index is 0.0000960. The molecule has 0 unspecified atom stereocenters. The SMILES string of the molecule is O=C(NCCCc1ccc(O)cc1)[C@H]1CC(=O)N(Cc2ccccn2)C1. The van der Waals surface area contributed by atoms with Crippen LogP contribution >= 0.6 is 0 Å². The number of nitrogens with zero attached hydrogens (tertiary/aromatic N) is 2. The molecule has 6 nitrogen and oxygen atoms in total. The van der Waals surface area contributed by atoms with Gasteiger partial charge in [0, 0.05) is 25.7 Å². The summed E-state index contributed by atoms with van der Waals surface area (Å²) in [6.45, 7) is 1.47. The van der Waals surface area contributed by atoms with Crippen molar-refractivity contribution in [3.63, 3.8) is 0 Å². The molecule has 0 radical (unpaired) electrons. The number of amides is 2. The summed E-state index contributed by atoms with van der Waals surface area (Å²) in [6, 6.07) is 12.7. The van der Waals surface area contributed by atoms with Gasteiger partial charge in [0.2, 0.25) is 11.8 Å². The molecule has 1 aromatic carbocycles. The second-order valence-corrected chi connectivity index (χ2v) is 6.56. The number of benzene rings is 1. The number of likely N-dealkylation sites (tertiary alicyclic amines) is 1. The number of aromatic nitrogens is 1. The first-order chi connectivity index (χ1) is 12.6. The topological polar surface area (TPSA) is 82.5 Å². The summed E-state index contributed by atoms with van der Waals surface area (Å²) in [4.78, 5) is 30.4. The monoisotopic (exact) mass is 353 g/mol. The number of aryl methyl sites for hydroxylation is 1. The number of nitrogens with one attached hydrogen (secondary N) is 1. The van der Waals surface area contributed by atoms with Gasteiger partial charge in [-0.1, -0.05) is 18.2 Å². The van der Waals surface area contributed by atoms with Gasteiger partial charge in [-0.3, -0.25) is 14.6 Å². The van der Waals surface area contributed by atoms with E-state index in [4.69, 9.17) is 0 Å². The van der Waals surface area contributed by atoms with Gasteiger partial charge in [-0.05, 0) is 42.7 Å². The second kappa shape index (κ2) is 8.47. The summed E-state index contributed by atoms with van der Waals surface area (Å²) >= 11 is 0. The highest BCUT2D eigenvalue weighted by atomic mass is 16.3. The first-order valence-electron chi connectivity index (χ1n) is 8.85. The summed E-state index contributed by atoms with van der Waals surface area (Å²) in [6.07, 6.45) is 3.61. The minimum Gasteiger partial charge on any atom is -0.508 e. The number of hydrogen-bond acceptors (Lipinski definition) is 4. The van der Waals surface area contributed by atoms with E-state index in [-0.39, 0.29) is 29.9 Å². The summed E-state index contributed by atoms with van der Waals surface area (Å²) in [5.41, 5.74) is 1.95. The number of hydrogen-bond donors (Lipinski definition) is 2. The molecule has 1 aliphatic heterocycles. The van der Waals surface area contributed by atoms with Crippen LogP contribution in [-0.4, -0.2) is 39.9 Å². The van der Waals surface area contributed by atoms with E-state index in [1.807, 2.05) is 30.3 Å². The van der Waals surface area contributed by atoms with Crippen molar-refractivity contribution in [2.24, 2.45) is 5.92 Å². The third kappa shape index (κ3) is 4.81. The van der Waals surface area contributed by atoms with Crippen molar-refractivity contribution in [2.75, 3.05) is 13.1 Å². The number of pyridine rings is 1. The van der Waals surface area contributed by atoms with Gasteiger partial charge in [0.1, 0.15) is 5.75 Å². The highest BCUT2D eigenvalue weighted by Crippen LogP contribution is 2.20. The number of carbonyl (C=O) groups is 2. The molecular formula is C20H23N3O3. The van der Waals surface area contributed by atoms with E-state index in [9.17, 15) is 14.7 Å². The fourth-order valence-corrected chi connectivity index (χ4v) is 3.10. The quantitative estimate of drug-likeness (QED) is 0.745. The Morgan fingerprint density at radius 2 is 2.04 bits per heavy atom. The van der Waals surface area contributed by atoms with Crippen molar-refractivity contribution in [1.29, 1.82) is 0 Å². The fourth-order valence-electron chi connectivity index (χ4n) is 3.10. The maximum Gasteiger partial charge on any atom is 0.225 e.